The third-order valence-electron chi connectivity index (χ3n) is 6.18. The molecule has 36 heavy (non-hydrogen) atoms. The van der Waals surface area contributed by atoms with Gasteiger partial charge in [-0.1, -0.05) is 42.3 Å². The van der Waals surface area contributed by atoms with Crippen molar-refractivity contribution >= 4 is 11.9 Å². The second kappa shape index (κ2) is 11.7. The molecule has 0 amide bonds. The minimum Gasteiger partial charge on any atom is -0.489 e. The number of hydrogen-bond donors (Lipinski definition) is 1. The molecule has 3 aromatic rings. The standard InChI is InChI=1S/C29H32N4O3/c1-4-6-24(16-28(34)35)23-9-11-26(12-10-23)36-20-22-8-5-7-21(15-22)18-33-14-13-27-25(19-33)17-30-29(31-27)32(2)3/h5,7-12,15,17,24H,13-14,16,18-20H2,1-3H3,(H,34,35). The molecule has 1 aliphatic rings. The summed E-state index contributed by atoms with van der Waals surface area (Å²) in [7, 11) is 3.92. The van der Waals surface area contributed by atoms with E-state index < -0.39 is 5.97 Å². The molecule has 1 unspecified atom stereocenters. The molecule has 1 N–H and O–H groups in total. The molecule has 4 rings (SSSR count). The molecule has 1 aliphatic heterocycles. The van der Waals surface area contributed by atoms with E-state index in [2.05, 4.69) is 46.0 Å². The molecule has 1 aromatic heterocycles. The van der Waals surface area contributed by atoms with Gasteiger partial charge in [-0.05, 0) is 35.7 Å². The van der Waals surface area contributed by atoms with E-state index in [4.69, 9.17) is 14.8 Å². The van der Waals surface area contributed by atoms with Gasteiger partial charge >= 0.3 is 5.97 Å². The van der Waals surface area contributed by atoms with Gasteiger partial charge in [-0.15, -0.1) is 5.92 Å². The van der Waals surface area contributed by atoms with E-state index in [0.717, 1.165) is 54.6 Å². The van der Waals surface area contributed by atoms with Gasteiger partial charge in [-0.25, -0.2) is 9.97 Å². The van der Waals surface area contributed by atoms with Crippen LogP contribution in [0.1, 0.15) is 47.2 Å². The molecule has 0 bridgehead atoms. The van der Waals surface area contributed by atoms with Crippen molar-refractivity contribution < 1.29 is 14.6 Å². The number of carboxylic acid groups (broad SMARTS) is 1. The van der Waals surface area contributed by atoms with Crippen LogP contribution in [-0.4, -0.2) is 46.6 Å². The van der Waals surface area contributed by atoms with Gasteiger partial charge in [0, 0.05) is 51.9 Å². The summed E-state index contributed by atoms with van der Waals surface area (Å²) in [5, 5.41) is 9.13. The zero-order chi connectivity index (χ0) is 25.5. The largest absolute Gasteiger partial charge is 0.489 e. The minimum absolute atomic E-state index is 0.0133. The highest BCUT2D eigenvalue weighted by atomic mass is 16.5. The van der Waals surface area contributed by atoms with Crippen molar-refractivity contribution in [3.05, 3.63) is 82.7 Å². The molecule has 0 radical (unpaired) electrons. The smallest absolute Gasteiger partial charge is 0.304 e. The van der Waals surface area contributed by atoms with Crippen LogP contribution in [0.4, 0.5) is 5.95 Å². The van der Waals surface area contributed by atoms with Gasteiger partial charge in [0.1, 0.15) is 12.4 Å². The van der Waals surface area contributed by atoms with Crippen molar-refractivity contribution in [1.82, 2.24) is 14.9 Å². The van der Waals surface area contributed by atoms with Crippen LogP contribution in [0.2, 0.25) is 0 Å². The SMILES string of the molecule is CC#CC(CC(=O)O)c1ccc(OCc2cccc(CN3CCc4nc(N(C)C)ncc4C3)c2)cc1. The second-order valence-electron chi connectivity index (χ2n) is 9.22. The van der Waals surface area contributed by atoms with Crippen LogP contribution >= 0.6 is 0 Å². The van der Waals surface area contributed by atoms with Gasteiger partial charge in [0.05, 0.1) is 18.0 Å². The lowest BCUT2D eigenvalue weighted by Gasteiger charge is -2.28. The van der Waals surface area contributed by atoms with Gasteiger partial charge in [-0.3, -0.25) is 9.69 Å². The summed E-state index contributed by atoms with van der Waals surface area (Å²) >= 11 is 0. The van der Waals surface area contributed by atoms with Crippen molar-refractivity contribution in [3.8, 4) is 17.6 Å². The van der Waals surface area contributed by atoms with E-state index in [1.165, 1.54) is 11.1 Å². The molecule has 0 saturated carbocycles. The summed E-state index contributed by atoms with van der Waals surface area (Å²) in [6.07, 6.45) is 2.87. The number of ether oxygens (including phenoxy) is 1. The third kappa shape index (κ3) is 6.61. The second-order valence-corrected chi connectivity index (χ2v) is 9.22. The zero-order valence-electron chi connectivity index (χ0n) is 21.1. The fraction of sp³-hybridized carbons (Fsp3) is 0.345. The first-order chi connectivity index (χ1) is 17.4. The fourth-order valence-corrected chi connectivity index (χ4v) is 4.35. The number of hydrogen-bond acceptors (Lipinski definition) is 6. The Labute approximate surface area is 212 Å². The number of fused-ring (bicyclic) bond motifs is 1. The van der Waals surface area contributed by atoms with Gasteiger partial charge in [0.15, 0.2) is 0 Å². The number of rotatable bonds is 9. The van der Waals surface area contributed by atoms with E-state index in [-0.39, 0.29) is 12.3 Å². The lowest BCUT2D eigenvalue weighted by atomic mass is 9.96. The molecule has 186 valence electrons. The predicted molar refractivity (Wildman–Crippen MR) is 140 cm³/mol. The Kier molecular flexibility index (Phi) is 8.19. The van der Waals surface area contributed by atoms with Crippen LogP contribution in [0.5, 0.6) is 5.75 Å². The molecule has 2 heterocycles. The van der Waals surface area contributed by atoms with Gasteiger partial charge < -0.3 is 14.7 Å². The number of aliphatic carboxylic acids is 1. The summed E-state index contributed by atoms with van der Waals surface area (Å²) in [6, 6.07) is 16.0. The molecule has 1 atom stereocenters. The maximum absolute atomic E-state index is 11.1. The molecule has 7 heteroatoms. The van der Waals surface area contributed by atoms with Crippen LogP contribution < -0.4 is 9.64 Å². The minimum atomic E-state index is -0.858. The topological polar surface area (TPSA) is 78.8 Å². The summed E-state index contributed by atoms with van der Waals surface area (Å²) in [4.78, 5) is 24.7. The van der Waals surface area contributed by atoms with E-state index >= 15 is 0 Å². The number of carboxylic acids is 1. The molecule has 0 spiro atoms. The Hall–Kier alpha value is -3.89. The lowest BCUT2D eigenvalue weighted by molar-refractivity contribution is -0.137. The first kappa shape index (κ1) is 25.2. The predicted octanol–water partition coefficient (Wildman–Crippen LogP) is 4.26. The number of carbonyl (C=O) groups is 1. The zero-order valence-corrected chi connectivity index (χ0v) is 21.1. The number of nitrogens with zero attached hydrogens (tertiary/aromatic N) is 4. The maximum atomic E-state index is 11.1. The number of benzene rings is 2. The Morgan fingerprint density at radius 1 is 1.19 bits per heavy atom. The summed E-state index contributed by atoms with van der Waals surface area (Å²) in [5.74, 6) is 6.13. The first-order valence-corrected chi connectivity index (χ1v) is 12.1. The monoisotopic (exact) mass is 484 g/mol. The van der Waals surface area contributed by atoms with Gasteiger partial charge in [-0.2, -0.15) is 0 Å². The quantitative estimate of drug-likeness (QED) is 0.455. The Balaban J connectivity index is 1.34. The Morgan fingerprint density at radius 3 is 2.69 bits per heavy atom. The lowest BCUT2D eigenvalue weighted by Crippen LogP contribution is -2.31. The van der Waals surface area contributed by atoms with Crippen LogP contribution in [-0.2, 0) is 30.9 Å². The van der Waals surface area contributed by atoms with Crippen molar-refractivity contribution in [1.29, 1.82) is 0 Å². The number of anilines is 1. The maximum Gasteiger partial charge on any atom is 0.304 e. The molecule has 2 aromatic carbocycles. The average Bonchev–Trinajstić information content (AvgIpc) is 2.87. The Bertz CT molecular complexity index is 1260. The van der Waals surface area contributed by atoms with Gasteiger partial charge in [0.2, 0.25) is 5.95 Å². The fourth-order valence-electron chi connectivity index (χ4n) is 4.35. The van der Waals surface area contributed by atoms with Crippen molar-refractivity contribution in [2.75, 3.05) is 25.5 Å². The normalized spacial score (nSPS) is 13.8. The van der Waals surface area contributed by atoms with Crippen LogP contribution in [0.15, 0.2) is 54.7 Å². The summed E-state index contributed by atoms with van der Waals surface area (Å²) in [6.45, 7) is 4.86. The molecule has 7 nitrogen and oxygen atoms in total. The van der Waals surface area contributed by atoms with Crippen molar-refractivity contribution in [2.45, 2.75) is 45.4 Å². The van der Waals surface area contributed by atoms with E-state index in [9.17, 15) is 4.79 Å². The number of aromatic nitrogens is 2. The molecule has 0 saturated heterocycles. The highest BCUT2D eigenvalue weighted by Gasteiger charge is 2.19. The Morgan fingerprint density at radius 2 is 1.97 bits per heavy atom. The highest BCUT2D eigenvalue weighted by molar-refractivity contribution is 5.69. The average molecular weight is 485 g/mol. The van der Waals surface area contributed by atoms with Crippen LogP contribution in [0.25, 0.3) is 0 Å². The molecular weight excluding hydrogens is 452 g/mol. The molecule has 0 aliphatic carbocycles. The third-order valence-corrected chi connectivity index (χ3v) is 6.18. The van der Waals surface area contributed by atoms with Crippen LogP contribution in [0, 0.1) is 11.8 Å². The summed E-state index contributed by atoms with van der Waals surface area (Å²) in [5.41, 5.74) is 5.58. The highest BCUT2D eigenvalue weighted by Crippen LogP contribution is 2.24. The van der Waals surface area contributed by atoms with E-state index in [1.54, 1.807) is 6.92 Å². The van der Waals surface area contributed by atoms with Crippen LogP contribution in [0.3, 0.4) is 0 Å². The van der Waals surface area contributed by atoms with Gasteiger partial charge in [0.25, 0.3) is 0 Å². The van der Waals surface area contributed by atoms with E-state index in [1.807, 2.05) is 49.5 Å². The molecular formula is C29H32N4O3. The summed E-state index contributed by atoms with van der Waals surface area (Å²) < 4.78 is 6.00. The van der Waals surface area contributed by atoms with E-state index in [0.29, 0.717) is 6.61 Å². The van der Waals surface area contributed by atoms with Crippen molar-refractivity contribution in [3.63, 3.8) is 0 Å². The van der Waals surface area contributed by atoms with Crippen molar-refractivity contribution in [2.24, 2.45) is 0 Å². The first-order valence-electron chi connectivity index (χ1n) is 12.1. The molecule has 0 fully saturated rings.